The predicted octanol–water partition coefficient (Wildman–Crippen LogP) is 2.42. The number of quaternary nitrogens is 1. The fourth-order valence-electron chi connectivity index (χ4n) is 3.91. The van der Waals surface area contributed by atoms with Crippen LogP contribution in [-0.2, 0) is 11.3 Å². The minimum Gasteiger partial charge on any atom is -0.326 e. The lowest BCUT2D eigenvalue weighted by atomic mass is 9.83. The minimum absolute atomic E-state index is 0.196. The second kappa shape index (κ2) is 8.05. The Balaban J connectivity index is 1.53. The summed E-state index contributed by atoms with van der Waals surface area (Å²) in [6.07, 6.45) is 0. The highest BCUT2D eigenvalue weighted by Gasteiger charge is 2.31. The average molecular weight is 399 g/mol. The number of hydrogen-bond acceptors (Lipinski definition) is 3. The molecule has 5 nitrogen and oxygen atoms in total. The van der Waals surface area contributed by atoms with Crippen molar-refractivity contribution in [1.82, 2.24) is 0 Å². The van der Waals surface area contributed by atoms with E-state index in [1.54, 1.807) is 42.5 Å². The van der Waals surface area contributed by atoms with Crippen LogP contribution in [0.3, 0.4) is 0 Å². The summed E-state index contributed by atoms with van der Waals surface area (Å²) < 4.78 is 0. The highest BCUT2D eigenvalue weighted by molar-refractivity contribution is 6.30. The first-order valence-electron chi connectivity index (χ1n) is 9.93. The van der Waals surface area contributed by atoms with Crippen LogP contribution >= 0.6 is 0 Å². The molecule has 1 amide bonds. The van der Waals surface area contributed by atoms with Crippen molar-refractivity contribution in [3.8, 4) is 0 Å². The normalized spacial score (nSPS) is 13.4. The van der Waals surface area contributed by atoms with Crippen LogP contribution in [0, 0.1) is 6.92 Å². The van der Waals surface area contributed by atoms with Crippen LogP contribution in [0.4, 0.5) is 5.69 Å². The average Bonchev–Trinajstić information content (AvgIpc) is 2.73. The minimum atomic E-state index is -0.239. The van der Waals surface area contributed by atoms with Crippen molar-refractivity contribution in [3.63, 3.8) is 0 Å². The fraction of sp³-hybridized carbons (Fsp3) is 0.160. The van der Waals surface area contributed by atoms with E-state index < -0.39 is 0 Å². The Morgan fingerprint density at radius 1 is 0.833 bits per heavy atom. The molecule has 2 N–H and O–H groups in total. The first-order chi connectivity index (χ1) is 14.5. The SMILES string of the molecule is Cc1ccccc1C[NH+](C)CC(=O)Nc1cccc2c1C(=O)c1ccccc1C2=O. The standard InChI is InChI=1S/C25H22N2O3/c1-16-8-3-4-9-17(16)14-27(2)15-22(28)26-21-13-7-12-20-23(21)25(30)19-11-6-5-10-18(19)24(20)29/h3-13H,14-15H2,1-2H3,(H,26,28)/p+1. The van der Waals surface area contributed by atoms with Gasteiger partial charge in [0.2, 0.25) is 0 Å². The summed E-state index contributed by atoms with van der Waals surface area (Å²) in [6, 6.07) is 19.9. The lowest BCUT2D eigenvalue weighted by molar-refractivity contribution is -0.885. The largest absolute Gasteiger partial charge is 0.326 e. The number of anilines is 1. The highest BCUT2D eigenvalue weighted by atomic mass is 16.2. The highest BCUT2D eigenvalue weighted by Crippen LogP contribution is 2.31. The van der Waals surface area contributed by atoms with Gasteiger partial charge < -0.3 is 10.2 Å². The van der Waals surface area contributed by atoms with Gasteiger partial charge in [-0.3, -0.25) is 14.4 Å². The van der Waals surface area contributed by atoms with E-state index in [0.29, 0.717) is 22.4 Å². The van der Waals surface area contributed by atoms with Crippen LogP contribution in [0.25, 0.3) is 0 Å². The molecule has 3 aromatic carbocycles. The molecule has 0 spiro atoms. The van der Waals surface area contributed by atoms with E-state index in [0.717, 1.165) is 11.4 Å². The molecule has 0 aliphatic heterocycles. The summed E-state index contributed by atoms with van der Waals surface area (Å²) in [6.45, 7) is 3.02. The molecular formula is C25H23N2O3+. The van der Waals surface area contributed by atoms with Gasteiger partial charge in [0.25, 0.3) is 5.91 Å². The molecule has 0 fully saturated rings. The summed E-state index contributed by atoms with van der Waals surface area (Å²) in [5, 5.41) is 2.85. The van der Waals surface area contributed by atoms with Gasteiger partial charge in [0.1, 0.15) is 6.54 Å². The van der Waals surface area contributed by atoms with Crippen molar-refractivity contribution in [2.24, 2.45) is 0 Å². The predicted molar refractivity (Wildman–Crippen MR) is 115 cm³/mol. The first kappa shape index (κ1) is 19.7. The van der Waals surface area contributed by atoms with Crippen molar-refractivity contribution in [2.75, 3.05) is 18.9 Å². The zero-order valence-electron chi connectivity index (χ0n) is 17.0. The van der Waals surface area contributed by atoms with Crippen LogP contribution in [-0.4, -0.2) is 31.1 Å². The van der Waals surface area contributed by atoms with Gasteiger partial charge in [-0.05, 0) is 18.6 Å². The first-order valence-corrected chi connectivity index (χ1v) is 9.93. The Morgan fingerprint density at radius 3 is 2.20 bits per heavy atom. The Labute approximate surface area is 175 Å². The lowest BCUT2D eigenvalue weighted by Gasteiger charge is -2.21. The molecule has 0 saturated carbocycles. The molecule has 5 heteroatoms. The van der Waals surface area contributed by atoms with Gasteiger partial charge in [-0.25, -0.2) is 0 Å². The van der Waals surface area contributed by atoms with Crippen molar-refractivity contribution in [1.29, 1.82) is 0 Å². The Morgan fingerprint density at radius 2 is 1.47 bits per heavy atom. The molecule has 1 aliphatic rings. The van der Waals surface area contributed by atoms with E-state index in [9.17, 15) is 14.4 Å². The molecule has 0 saturated heterocycles. The molecule has 1 unspecified atom stereocenters. The number of likely N-dealkylation sites (N-methyl/N-ethyl adjacent to an activating group) is 1. The fourth-order valence-corrected chi connectivity index (χ4v) is 3.91. The number of hydrogen-bond donors (Lipinski definition) is 2. The molecule has 30 heavy (non-hydrogen) atoms. The second-order valence-corrected chi connectivity index (χ2v) is 7.72. The molecule has 0 radical (unpaired) electrons. The van der Waals surface area contributed by atoms with Gasteiger partial charge in [-0.15, -0.1) is 0 Å². The maximum Gasteiger partial charge on any atom is 0.279 e. The molecule has 0 aromatic heterocycles. The van der Waals surface area contributed by atoms with Crippen LogP contribution in [0.1, 0.15) is 43.0 Å². The molecule has 1 atom stereocenters. The van der Waals surface area contributed by atoms with Crippen LogP contribution in [0.5, 0.6) is 0 Å². The van der Waals surface area contributed by atoms with Crippen molar-refractivity contribution < 1.29 is 19.3 Å². The second-order valence-electron chi connectivity index (χ2n) is 7.72. The van der Waals surface area contributed by atoms with E-state index in [4.69, 9.17) is 0 Å². The number of aryl methyl sites for hydroxylation is 1. The van der Waals surface area contributed by atoms with Crippen LogP contribution < -0.4 is 10.2 Å². The van der Waals surface area contributed by atoms with Crippen molar-refractivity contribution in [2.45, 2.75) is 13.5 Å². The Kier molecular flexibility index (Phi) is 5.29. The maximum atomic E-state index is 13.0. The Bertz CT molecular complexity index is 1170. The number of carbonyl (C=O) groups is 3. The Hall–Kier alpha value is -3.57. The number of amides is 1. The quantitative estimate of drug-likeness (QED) is 0.542. The van der Waals surface area contributed by atoms with Crippen molar-refractivity contribution in [3.05, 3.63) is 100 Å². The molecular weight excluding hydrogens is 376 g/mol. The molecule has 0 bridgehead atoms. The van der Waals surface area contributed by atoms with E-state index in [1.807, 2.05) is 19.2 Å². The molecule has 150 valence electrons. The zero-order chi connectivity index (χ0) is 21.3. The van der Waals surface area contributed by atoms with Gasteiger partial charge >= 0.3 is 0 Å². The van der Waals surface area contributed by atoms with Gasteiger partial charge in [0, 0.05) is 22.3 Å². The van der Waals surface area contributed by atoms with E-state index >= 15 is 0 Å². The summed E-state index contributed by atoms with van der Waals surface area (Å²) >= 11 is 0. The summed E-state index contributed by atoms with van der Waals surface area (Å²) in [4.78, 5) is 39.6. The topological polar surface area (TPSA) is 67.7 Å². The van der Waals surface area contributed by atoms with Crippen LogP contribution in [0.2, 0.25) is 0 Å². The van der Waals surface area contributed by atoms with Gasteiger partial charge in [-0.2, -0.15) is 0 Å². The number of nitrogens with one attached hydrogen (secondary N) is 2. The molecule has 0 heterocycles. The number of benzene rings is 3. The molecule has 3 aromatic rings. The molecule has 1 aliphatic carbocycles. The zero-order valence-corrected chi connectivity index (χ0v) is 17.0. The summed E-state index contributed by atoms with van der Waals surface area (Å²) in [7, 11) is 1.96. The smallest absolute Gasteiger partial charge is 0.279 e. The van der Waals surface area contributed by atoms with E-state index in [-0.39, 0.29) is 29.6 Å². The molecule has 4 rings (SSSR count). The van der Waals surface area contributed by atoms with Gasteiger partial charge in [-0.1, -0.05) is 60.7 Å². The van der Waals surface area contributed by atoms with E-state index in [1.165, 1.54) is 11.1 Å². The summed E-state index contributed by atoms with van der Waals surface area (Å²) in [5.74, 6) is -0.635. The number of rotatable bonds is 5. The lowest BCUT2D eigenvalue weighted by Crippen LogP contribution is -3.08. The third-order valence-corrected chi connectivity index (χ3v) is 5.44. The van der Waals surface area contributed by atoms with Gasteiger partial charge in [0.15, 0.2) is 18.1 Å². The number of ketones is 2. The third kappa shape index (κ3) is 3.67. The van der Waals surface area contributed by atoms with E-state index in [2.05, 4.69) is 24.4 Å². The van der Waals surface area contributed by atoms with Gasteiger partial charge in [0.05, 0.1) is 18.3 Å². The van der Waals surface area contributed by atoms with Crippen LogP contribution in [0.15, 0.2) is 66.7 Å². The summed E-state index contributed by atoms with van der Waals surface area (Å²) in [5.41, 5.74) is 4.14. The monoisotopic (exact) mass is 399 g/mol. The number of fused-ring (bicyclic) bond motifs is 2. The number of carbonyl (C=O) groups excluding carboxylic acids is 3. The van der Waals surface area contributed by atoms with Crippen molar-refractivity contribution >= 4 is 23.2 Å². The maximum absolute atomic E-state index is 13.0. The third-order valence-electron chi connectivity index (χ3n) is 5.44.